The van der Waals surface area contributed by atoms with Gasteiger partial charge in [0.25, 0.3) is 0 Å². The average molecular weight is 268 g/mol. The van der Waals surface area contributed by atoms with E-state index in [2.05, 4.69) is 40.6 Å². The number of benzene rings is 1. The van der Waals surface area contributed by atoms with E-state index in [1.54, 1.807) is 0 Å². The molecule has 0 saturated carbocycles. The fraction of sp³-hybridized carbons (Fsp3) is 0.353. The van der Waals surface area contributed by atoms with Crippen LogP contribution in [-0.2, 0) is 0 Å². The molecule has 2 aromatic rings. The SMILES string of the molecule is CNC(CC1CCOc2ccccc21)c1ccncc1. The number of nitrogens with one attached hydrogen (secondary N) is 1. The van der Waals surface area contributed by atoms with Gasteiger partial charge in [0.2, 0.25) is 0 Å². The summed E-state index contributed by atoms with van der Waals surface area (Å²) in [5.41, 5.74) is 2.64. The third-order valence-electron chi connectivity index (χ3n) is 4.06. The van der Waals surface area contributed by atoms with E-state index in [-0.39, 0.29) is 0 Å². The molecule has 0 amide bonds. The van der Waals surface area contributed by atoms with Crippen molar-refractivity contribution in [1.82, 2.24) is 10.3 Å². The number of pyridine rings is 1. The minimum absolute atomic E-state index is 0.356. The predicted octanol–water partition coefficient (Wildman–Crippen LogP) is 3.30. The molecule has 0 spiro atoms. The highest BCUT2D eigenvalue weighted by molar-refractivity contribution is 5.38. The van der Waals surface area contributed by atoms with Crippen molar-refractivity contribution in [3.63, 3.8) is 0 Å². The molecule has 1 N–H and O–H groups in total. The number of para-hydroxylation sites is 1. The molecule has 1 aromatic carbocycles. The van der Waals surface area contributed by atoms with Gasteiger partial charge in [0.1, 0.15) is 5.75 Å². The number of hydrogen-bond acceptors (Lipinski definition) is 3. The molecule has 0 aliphatic carbocycles. The average Bonchev–Trinajstić information content (AvgIpc) is 2.53. The van der Waals surface area contributed by atoms with Crippen LogP contribution in [0.2, 0.25) is 0 Å². The first-order valence-electron chi connectivity index (χ1n) is 7.17. The zero-order valence-electron chi connectivity index (χ0n) is 11.8. The fourth-order valence-electron chi connectivity index (χ4n) is 2.96. The highest BCUT2D eigenvalue weighted by Gasteiger charge is 2.24. The zero-order valence-corrected chi connectivity index (χ0v) is 11.8. The molecule has 1 aliphatic rings. The van der Waals surface area contributed by atoms with Crippen LogP contribution in [0.25, 0.3) is 0 Å². The molecule has 0 radical (unpaired) electrons. The smallest absolute Gasteiger partial charge is 0.122 e. The summed E-state index contributed by atoms with van der Waals surface area (Å²) in [6.45, 7) is 0.814. The lowest BCUT2D eigenvalue weighted by Crippen LogP contribution is -2.22. The highest BCUT2D eigenvalue weighted by Crippen LogP contribution is 2.38. The molecule has 1 aliphatic heterocycles. The normalized spacial score (nSPS) is 18.9. The third-order valence-corrected chi connectivity index (χ3v) is 4.06. The van der Waals surface area contributed by atoms with Gasteiger partial charge in [-0.25, -0.2) is 0 Å². The summed E-state index contributed by atoms with van der Waals surface area (Å²) in [5, 5.41) is 3.43. The maximum absolute atomic E-state index is 5.74. The maximum Gasteiger partial charge on any atom is 0.122 e. The van der Waals surface area contributed by atoms with E-state index in [0.29, 0.717) is 12.0 Å². The summed E-state index contributed by atoms with van der Waals surface area (Å²) >= 11 is 0. The van der Waals surface area contributed by atoms with Crippen LogP contribution in [0.15, 0.2) is 48.8 Å². The molecule has 0 saturated heterocycles. The van der Waals surface area contributed by atoms with Crippen LogP contribution in [0, 0.1) is 0 Å². The molecule has 3 nitrogen and oxygen atoms in total. The Labute approximate surface area is 120 Å². The van der Waals surface area contributed by atoms with Crippen LogP contribution < -0.4 is 10.1 Å². The summed E-state index contributed by atoms with van der Waals surface area (Å²) in [4.78, 5) is 4.10. The van der Waals surface area contributed by atoms with Gasteiger partial charge >= 0.3 is 0 Å². The van der Waals surface area contributed by atoms with Crippen LogP contribution >= 0.6 is 0 Å². The van der Waals surface area contributed by atoms with Gasteiger partial charge in [-0.05, 0) is 55.1 Å². The largest absolute Gasteiger partial charge is 0.493 e. The van der Waals surface area contributed by atoms with Crippen molar-refractivity contribution >= 4 is 0 Å². The van der Waals surface area contributed by atoms with Gasteiger partial charge in [-0.3, -0.25) is 4.98 Å². The van der Waals surface area contributed by atoms with E-state index in [0.717, 1.165) is 25.2 Å². The minimum atomic E-state index is 0.356. The summed E-state index contributed by atoms with van der Waals surface area (Å²) in [7, 11) is 2.02. The topological polar surface area (TPSA) is 34.1 Å². The van der Waals surface area contributed by atoms with E-state index >= 15 is 0 Å². The Kier molecular flexibility index (Phi) is 3.97. The lowest BCUT2D eigenvalue weighted by Gasteiger charge is -2.29. The van der Waals surface area contributed by atoms with Gasteiger partial charge in [0, 0.05) is 18.4 Å². The summed E-state index contributed by atoms with van der Waals surface area (Å²) < 4.78 is 5.74. The Balaban J connectivity index is 1.81. The monoisotopic (exact) mass is 268 g/mol. The lowest BCUT2D eigenvalue weighted by atomic mass is 9.86. The number of ether oxygens (including phenoxy) is 1. The van der Waals surface area contributed by atoms with Gasteiger partial charge in [0.05, 0.1) is 6.61 Å². The van der Waals surface area contributed by atoms with E-state index in [9.17, 15) is 0 Å². The zero-order chi connectivity index (χ0) is 13.8. The molecular weight excluding hydrogens is 248 g/mol. The molecule has 2 unspecified atom stereocenters. The van der Waals surface area contributed by atoms with Gasteiger partial charge in [0.15, 0.2) is 0 Å². The van der Waals surface area contributed by atoms with Gasteiger partial charge in [-0.15, -0.1) is 0 Å². The van der Waals surface area contributed by atoms with E-state index in [4.69, 9.17) is 4.74 Å². The maximum atomic E-state index is 5.74. The van der Waals surface area contributed by atoms with Crippen molar-refractivity contribution in [2.24, 2.45) is 0 Å². The molecule has 2 heterocycles. The Morgan fingerprint density at radius 2 is 2.05 bits per heavy atom. The molecule has 0 fully saturated rings. The molecule has 104 valence electrons. The quantitative estimate of drug-likeness (QED) is 0.924. The molecular formula is C17H20N2O. The number of aromatic nitrogens is 1. The van der Waals surface area contributed by atoms with Crippen molar-refractivity contribution in [2.75, 3.05) is 13.7 Å². The molecule has 1 aromatic heterocycles. The van der Waals surface area contributed by atoms with E-state index < -0.39 is 0 Å². The first-order chi connectivity index (χ1) is 9.88. The van der Waals surface area contributed by atoms with Crippen molar-refractivity contribution in [3.05, 3.63) is 59.9 Å². The number of rotatable bonds is 4. The van der Waals surface area contributed by atoms with Gasteiger partial charge < -0.3 is 10.1 Å². The first kappa shape index (κ1) is 13.1. The van der Waals surface area contributed by atoms with Gasteiger partial charge in [-0.1, -0.05) is 18.2 Å². The van der Waals surface area contributed by atoms with Crippen LogP contribution in [0.1, 0.15) is 35.9 Å². The van der Waals surface area contributed by atoms with Crippen LogP contribution in [-0.4, -0.2) is 18.6 Å². The van der Waals surface area contributed by atoms with Crippen molar-refractivity contribution in [2.45, 2.75) is 24.8 Å². The summed E-state index contributed by atoms with van der Waals surface area (Å²) in [6.07, 6.45) is 5.89. The second-order valence-corrected chi connectivity index (χ2v) is 5.23. The Bertz CT molecular complexity index is 556. The third kappa shape index (κ3) is 2.68. The van der Waals surface area contributed by atoms with Crippen molar-refractivity contribution < 1.29 is 4.74 Å². The molecule has 20 heavy (non-hydrogen) atoms. The summed E-state index contributed by atoms with van der Waals surface area (Å²) in [6, 6.07) is 12.9. The van der Waals surface area contributed by atoms with Gasteiger partial charge in [-0.2, -0.15) is 0 Å². The van der Waals surface area contributed by atoms with Crippen molar-refractivity contribution in [1.29, 1.82) is 0 Å². The number of fused-ring (bicyclic) bond motifs is 1. The molecule has 3 heteroatoms. The first-order valence-corrected chi connectivity index (χ1v) is 7.17. The minimum Gasteiger partial charge on any atom is -0.493 e. The van der Waals surface area contributed by atoms with Crippen LogP contribution in [0.5, 0.6) is 5.75 Å². The second-order valence-electron chi connectivity index (χ2n) is 5.23. The number of hydrogen-bond donors (Lipinski definition) is 1. The van der Waals surface area contributed by atoms with Crippen LogP contribution in [0.3, 0.4) is 0 Å². The molecule has 0 bridgehead atoms. The Hall–Kier alpha value is -1.87. The van der Waals surface area contributed by atoms with Crippen molar-refractivity contribution in [3.8, 4) is 5.75 Å². The van der Waals surface area contributed by atoms with Crippen LogP contribution in [0.4, 0.5) is 0 Å². The Morgan fingerprint density at radius 3 is 2.85 bits per heavy atom. The Morgan fingerprint density at radius 1 is 1.25 bits per heavy atom. The lowest BCUT2D eigenvalue weighted by molar-refractivity contribution is 0.256. The second kappa shape index (κ2) is 6.06. The molecule has 3 rings (SSSR count). The standard InChI is InChI=1S/C17H20N2O/c1-18-16(13-6-9-19-10-7-13)12-14-8-11-20-17-5-3-2-4-15(14)17/h2-7,9-10,14,16,18H,8,11-12H2,1H3. The fourth-order valence-corrected chi connectivity index (χ4v) is 2.96. The number of nitrogens with zero attached hydrogens (tertiary/aromatic N) is 1. The summed E-state index contributed by atoms with van der Waals surface area (Å²) in [5.74, 6) is 1.60. The molecule has 2 atom stereocenters. The van der Waals surface area contributed by atoms with E-state index in [1.807, 2.05) is 25.5 Å². The van der Waals surface area contributed by atoms with E-state index in [1.165, 1.54) is 11.1 Å². The predicted molar refractivity (Wildman–Crippen MR) is 79.9 cm³/mol. The highest BCUT2D eigenvalue weighted by atomic mass is 16.5.